The van der Waals surface area contributed by atoms with Crippen LogP contribution in [0, 0.1) is 11.3 Å². The molecule has 1 heterocycles. The molecule has 5 heteroatoms. The van der Waals surface area contributed by atoms with Crippen molar-refractivity contribution in [2.24, 2.45) is 11.3 Å². The maximum atomic E-state index is 12.0. The summed E-state index contributed by atoms with van der Waals surface area (Å²) in [6.07, 6.45) is 2.92. The van der Waals surface area contributed by atoms with Crippen LogP contribution >= 0.6 is 0 Å². The van der Waals surface area contributed by atoms with Crippen molar-refractivity contribution in [3.05, 3.63) is 0 Å². The number of ether oxygens (including phenoxy) is 1. The van der Waals surface area contributed by atoms with Gasteiger partial charge in [0.15, 0.2) is 0 Å². The van der Waals surface area contributed by atoms with Gasteiger partial charge < -0.3 is 14.7 Å². The summed E-state index contributed by atoms with van der Waals surface area (Å²) in [6, 6.07) is 0. The highest BCUT2D eigenvalue weighted by atomic mass is 16.6. The number of piperidine rings is 1. The number of rotatable bonds is 2. The van der Waals surface area contributed by atoms with E-state index in [-0.39, 0.29) is 12.0 Å². The van der Waals surface area contributed by atoms with E-state index in [9.17, 15) is 14.7 Å². The predicted molar refractivity (Wildman–Crippen MR) is 69.8 cm³/mol. The average molecular weight is 269 g/mol. The van der Waals surface area contributed by atoms with Crippen molar-refractivity contribution < 1.29 is 19.4 Å². The maximum Gasteiger partial charge on any atom is 0.410 e. The average Bonchev–Trinajstić information content (AvgIpc) is 3.08. The van der Waals surface area contributed by atoms with Gasteiger partial charge in [-0.3, -0.25) is 4.79 Å². The summed E-state index contributed by atoms with van der Waals surface area (Å²) in [5, 5.41) is 9.33. The van der Waals surface area contributed by atoms with Crippen LogP contribution in [0.25, 0.3) is 0 Å². The fourth-order valence-electron chi connectivity index (χ4n) is 2.85. The van der Waals surface area contributed by atoms with Crippen molar-refractivity contribution in [3.8, 4) is 0 Å². The molecule has 0 spiro atoms. The Kier molecular flexibility index (Phi) is 3.49. The largest absolute Gasteiger partial charge is 0.481 e. The third kappa shape index (κ3) is 3.01. The Hall–Kier alpha value is -1.26. The van der Waals surface area contributed by atoms with Gasteiger partial charge in [-0.2, -0.15) is 0 Å². The highest BCUT2D eigenvalue weighted by molar-refractivity contribution is 5.78. The van der Waals surface area contributed by atoms with E-state index < -0.39 is 17.0 Å². The lowest BCUT2D eigenvalue weighted by Crippen LogP contribution is -2.46. The van der Waals surface area contributed by atoms with Gasteiger partial charge in [0.1, 0.15) is 5.60 Å². The molecule has 2 rings (SSSR count). The normalized spacial score (nSPS) is 25.8. The van der Waals surface area contributed by atoms with E-state index in [1.54, 1.807) is 4.90 Å². The van der Waals surface area contributed by atoms with Gasteiger partial charge in [0.05, 0.1) is 5.41 Å². The van der Waals surface area contributed by atoms with E-state index in [2.05, 4.69) is 0 Å². The number of carbonyl (C=O) groups is 2. The second kappa shape index (κ2) is 4.69. The molecule has 1 atom stereocenters. The van der Waals surface area contributed by atoms with E-state index in [0.717, 1.165) is 25.7 Å². The van der Waals surface area contributed by atoms with Gasteiger partial charge in [-0.15, -0.1) is 0 Å². The summed E-state index contributed by atoms with van der Waals surface area (Å²) in [6.45, 7) is 6.70. The van der Waals surface area contributed by atoms with Gasteiger partial charge >= 0.3 is 12.1 Å². The summed E-state index contributed by atoms with van der Waals surface area (Å²) in [5.41, 5.74) is -1.07. The Morgan fingerprint density at radius 3 is 2.42 bits per heavy atom. The molecule has 0 bridgehead atoms. The Morgan fingerprint density at radius 2 is 1.95 bits per heavy atom. The van der Waals surface area contributed by atoms with Crippen molar-refractivity contribution in [3.63, 3.8) is 0 Å². The van der Waals surface area contributed by atoms with Gasteiger partial charge in [0, 0.05) is 13.1 Å². The van der Waals surface area contributed by atoms with Crippen LogP contribution in [-0.2, 0) is 9.53 Å². The molecule has 2 aliphatic rings. The van der Waals surface area contributed by atoms with Crippen LogP contribution in [0.1, 0.15) is 46.5 Å². The van der Waals surface area contributed by atoms with Crippen molar-refractivity contribution in [1.29, 1.82) is 0 Å². The second-order valence-electron chi connectivity index (χ2n) is 6.73. The Morgan fingerprint density at radius 1 is 1.32 bits per heavy atom. The van der Waals surface area contributed by atoms with E-state index in [1.165, 1.54) is 0 Å². The minimum atomic E-state index is -0.705. The number of hydrogen-bond donors (Lipinski definition) is 1. The van der Waals surface area contributed by atoms with E-state index >= 15 is 0 Å². The number of carboxylic acid groups (broad SMARTS) is 1. The number of amides is 1. The fourth-order valence-corrected chi connectivity index (χ4v) is 2.85. The highest BCUT2D eigenvalue weighted by Crippen LogP contribution is 2.54. The minimum Gasteiger partial charge on any atom is -0.481 e. The molecular weight excluding hydrogens is 246 g/mol. The summed E-state index contributed by atoms with van der Waals surface area (Å²) >= 11 is 0. The Bertz CT molecular complexity index is 381. The lowest BCUT2D eigenvalue weighted by molar-refractivity contribution is -0.146. The first-order valence-electron chi connectivity index (χ1n) is 6.96. The predicted octanol–water partition coefficient (Wildman–Crippen LogP) is 2.50. The molecule has 1 saturated heterocycles. The number of hydrogen-bond acceptors (Lipinski definition) is 3. The van der Waals surface area contributed by atoms with Gasteiger partial charge in [-0.25, -0.2) is 4.79 Å². The summed E-state index contributed by atoms with van der Waals surface area (Å²) in [5.74, 6) is -0.630. The topological polar surface area (TPSA) is 66.8 Å². The molecule has 19 heavy (non-hydrogen) atoms. The third-order valence-corrected chi connectivity index (χ3v) is 4.07. The molecule has 2 fully saturated rings. The highest BCUT2D eigenvalue weighted by Gasteiger charge is 2.56. The molecule has 0 radical (unpaired) electrons. The van der Waals surface area contributed by atoms with E-state index in [1.807, 2.05) is 20.8 Å². The zero-order valence-corrected chi connectivity index (χ0v) is 11.9. The summed E-state index contributed by atoms with van der Waals surface area (Å²) in [7, 11) is 0. The molecule has 108 valence electrons. The molecule has 1 aliphatic carbocycles. The fraction of sp³-hybridized carbons (Fsp3) is 0.857. The van der Waals surface area contributed by atoms with Crippen molar-refractivity contribution in [2.75, 3.05) is 13.1 Å². The number of likely N-dealkylation sites (tertiary alicyclic amines) is 1. The molecular formula is C14H23NO4. The lowest BCUT2D eigenvalue weighted by atomic mass is 9.83. The summed E-state index contributed by atoms with van der Waals surface area (Å²) in [4.78, 5) is 25.1. The van der Waals surface area contributed by atoms with Crippen molar-refractivity contribution in [1.82, 2.24) is 4.90 Å². The van der Waals surface area contributed by atoms with Crippen molar-refractivity contribution in [2.45, 2.75) is 52.1 Å². The quantitative estimate of drug-likeness (QED) is 0.836. The standard InChI is InChI=1S/C14H23NO4/c1-13(2,3)19-12(18)15-8-4-5-10(9-15)14(6-7-14)11(16)17/h10H,4-9H2,1-3H3,(H,16,17)/t10-/m0/s1. The molecule has 5 nitrogen and oxygen atoms in total. The number of carbonyl (C=O) groups excluding carboxylic acids is 1. The minimum absolute atomic E-state index is 0.0752. The first kappa shape index (κ1) is 14.2. The smallest absolute Gasteiger partial charge is 0.410 e. The van der Waals surface area contributed by atoms with Gasteiger partial charge in [0.25, 0.3) is 0 Å². The Labute approximate surface area is 113 Å². The molecule has 0 aromatic heterocycles. The maximum absolute atomic E-state index is 12.0. The molecule has 1 N–H and O–H groups in total. The monoisotopic (exact) mass is 269 g/mol. The first-order chi connectivity index (χ1) is 8.74. The van der Waals surface area contributed by atoms with E-state index in [4.69, 9.17) is 4.74 Å². The zero-order valence-electron chi connectivity index (χ0n) is 11.9. The summed E-state index contributed by atoms with van der Waals surface area (Å²) < 4.78 is 5.36. The SMILES string of the molecule is CC(C)(C)OC(=O)N1CCC[C@H](C2(C(=O)O)CC2)C1. The second-order valence-corrected chi connectivity index (χ2v) is 6.73. The third-order valence-electron chi connectivity index (χ3n) is 4.07. The molecule has 1 saturated carbocycles. The van der Waals surface area contributed by atoms with Gasteiger partial charge in [-0.1, -0.05) is 0 Å². The number of aliphatic carboxylic acids is 1. The van der Waals surface area contributed by atoms with Crippen LogP contribution in [0.3, 0.4) is 0 Å². The van der Waals surface area contributed by atoms with Crippen LogP contribution < -0.4 is 0 Å². The van der Waals surface area contributed by atoms with E-state index in [0.29, 0.717) is 13.1 Å². The Balaban J connectivity index is 1.98. The number of carboxylic acids is 1. The van der Waals surface area contributed by atoms with Crippen LogP contribution in [-0.4, -0.2) is 40.8 Å². The van der Waals surface area contributed by atoms with Crippen LogP contribution in [0.15, 0.2) is 0 Å². The zero-order chi connectivity index (χ0) is 14.3. The molecule has 0 aromatic rings. The van der Waals surface area contributed by atoms with Crippen LogP contribution in [0.4, 0.5) is 4.79 Å². The van der Waals surface area contributed by atoms with Gasteiger partial charge in [0.2, 0.25) is 0 Å². The molecule has 1 amide bonds. The molecule has 1 aliphatic heterocycles. The van der Waals surface area contributed by atoms with Gasteiger partial charge in [-0.05, 0) is 52.4 Å². The van der Waals surface area contributed by atoms with Crippen LogP contribution in [0.5, 0.6) is 0 Å². The molecule has 0 unspecified atom stereocenters. The lowest BCUT2D eigenvalue weighted by Gasteiger charge is -2.36. The first-order valence-corrected chi connectivity index (χ1v) is 6.96. The van der Waals surface area contributed by atoms with Crippen LogP contribution in [0.2, 0.25) is 0 Å². The number of nitrogens with zero attached hydrogens (tertiary/aromatic N) is 1. The molecule has 0 aromatic carbocycles. The van der Waals surface area contributed by atoms with Crippen molar-refractivity contribution >= 4 is 12.1 Å².